The summed E-state index contributed by atoms with van der Waals surface area (Å²) >= 11 is 7.89. The highest BCUT2D eigenvalue weighted by Gasteiger charge is 2.22. The molecule has 1 amide bonds. The number of thiazole rings is 1. The topological polar surface area (TPSA) is 45.7 Å². The number of rotatable bonds is 6. The van der Waals surface area contributed by atoms with Gasteiger partial charge in [0.15, 0.2) is 5.13 Å². The summed E-state index contributed by atoms with van der Waals surface area (Å²) in [5.41, 5.74) is 4.23. The molecule has 1 saturated heterocycles. The van der Waals surface area contributed by atoms with E-state index in [2.05, 4.69) is 30.9 Å². The van der Waals surface area contributed by atoms with Crippen LogP contribution < -0.4 is 4.90 Å². The maximum atomic E-state index is 13.3. The largest absolute Gasteiger partial charge is 0.379 e. The second kappa shape index (κ2) is 9.43. The SMILES string of the molecule is Cc1cc2nc(N(CCN3CCOCC3)C(=O)Cc3ccccc3Cl)sc2cc1C. The van der Waals surface area contributed by atoms with Crippen molar-refractivity contribution >= 4 is 44.2 Å². The van der Waals surface area contributed by atoms with Crippen molar-refractivity contribution in [2.45, 2.75) is 20.3 Å². The van der Waals surface area contributed by atoms with Crippen LogP contribution in [0.15, 0.2) is 36.4 Å². The van der Waals surface area contributed by atoms with E-state index >= 15 is 0 Å². The number of benzene rings is 2. The van der Waals surface area contributed by atoms with E-state index in [-0.39, 0.29) is 12.3 Å². The number of anilines is 1. The molecule has 2 aromatic carbocycles. The number of nitrogens with zero attached hydrogens (tertiary/aromatic N) is 3. The van der Waals surface area contributed by atoms with Crippen LogP contribution in [0.4, 0.5) is 5.13 Å². The van der Waals surface area contributed by atoms with Gasteiger partial charge in [0.2, 0.25) is 5.91 Å². The highest BCUT2D eigenvalue weighted by Crippen LogP contribution is 2.31. The standard InChI is InChI=1S/C23H26ClN3O2S/c1-16-13-20-21(14-17(16)2)30-23(25-20)27(8-7-26-9-11-29-12-10-26)22(28)15-18-5-3-4-6-19(18)24/h3-6,13-14H,7-12,15H2,1-2H3. The van der Waals surface area contributed by atoms with E-state index in [4.69, 9.17) is 21.3 Å². The van der Waals surface area contributed by atoms with Crippen LogP contribution in [-0.2, 0) is 16.0 Å². The van der Waals surface area contributed by atoms with Gasteiger partial charge in [0.05, 0.1) is 29.9 Å². The summed E-state index contributed by atoms with van der Waals surface area (Å²) in [6.07, 6.45) is 0.261. The van der Waals surface area contributed by atoms with Gasteiger partial charge in [-0.1, -0.05) is 41.1 Å². The van der Waals surface area contributed by atoms with Gasteiger partial charge >= 0.3 is 0 Å². The van der Waals surface area contributed by atoms with Gasteiger partial charge in [0.25, 0.3) is 0 Å². The molecule has 0 saturated carbocycles. The molecule has 4 rings (SSSR count). The van der Waals surface area contributed by atoms with Crippen molar-refractivity contribution in [3.05, 3.63) is 58.1 Å². The fourth-order valence-corrected chi connectivity index (χ4v) is 4.87. The fraction of sp³-hybridized carbons (Fsp3) is 0.391. The number of aryl methyl sites for hydroxylation is 2. The molecule has 2 heterocycles. The lowest BCUT2D eigenvalue weighted by Crippen LogP contribution is -2.43. The van der Waals surface area contributed by atoms with Crippen LogP contribution in [0, 0.1) is 13.8 Å². The molecule has 0 aliphatic carbocycles. The first kappa shape index (κ1) is 21.2. The van der Waals surface area contributed by atoms with E-state index in [1.165, 1.54) is 11.1 Å². The van der Waals surface area contributed by atoms with Crippen LogP contribution in [0.2, 0.25) is 5.02 Å². The first-order valence-electron chi connectivity index (χ1n) is 10.2. The molecule has 3 aromatic rings. The van der Waals surface area contributed by atoms with Crippen LogP contribution in [0.3, 0.4) is 0 Å². The van der Waals surface area contributed by atoms with Crippen molar-refractivity contribution in [2.24, 2.45) is 0 Å². The number of ether oxygens (including phenoxy) is 1. The van der Waals surface area contributed by atoms with E-state index in [1.807, 2.05) is 29.2 Å². The molecule has 1 fully saturated rings. The summed E-state index contributed by atoms with van der Waals surface area (Å²) in [4.78, 5) is 22.3. The number of hydrogen-bond acceptors (Lipinski definition) is 5. The molecule has 1 aromatic heterocycles. The molecular weight excluding hydrogens is 418 g/mol. The Morgan fingerprint density at radius 3 is 2.70 bits per heavy atom. The normalized spacial score (nSPS) is 14.9. The molecule has 158 valence electrons. The molecular formula is C23H26ClN3O2S. The second-order valence-corrected chi connectivity index (χ2v) is 9.08. The predicted octanol–water partition coefficient (Wildman–Crippen LogP) is 4.47. The van der Waals surface area contributed by atoms with E-state index in [0.717, 1.165) is 53.8 Å². The molecule has 5 nitrogen and oxygen atoms in total. The summed E-state index contributed by atoms with van der Waals surface area (Å²) in [5.74, 6) is 0.0175. The number of amides is 1. The molecule has 0 radical (unpaired) electrons. The third kappa shape index (κ3) is 4.83. The molecule has 1 aliphatic rings. The van der Waals surface area contributed by atoms with Crippen molar-refractivity contribution in [3.8, 4) is 0 Å². The molecule has 0 spiro atoms. The first-order chi connectivity index (χ1) is 14.5. The van der Waals surface area contributed by atoms with Gasteiger partial charge in [-0.25, -0.2) is 4.98 Å². The first-order valence-corrected chi connectivity index (χ1v) is 11.4. The molecule has 1 aliphatic heterocycles. The molecule has 7 heteroatoms. The van der Waals surface area contributed by atoms with E-state index in [1.54, 1.807) is 11.3 Å². The van der Waals surface area contributed by atoms with Gasteiger partial charge < -0.3 is 4.74 Å². The Morgan fingerprint density at radius 1 is 1.20 bits per heavy atom. The highest BCUT2D eigenvalue weighted by atomic mass is 35.5. The number of aromatic nitrogens is 1. The molecule has 0 bridgehead atoms. The Morgan fingerprint density at radius 2 is 1.93 bits per heavy atom. The summed E-state index contributed by atoms with van der Waals surface area (Å²) in [5, 5.41) is 1.37. The van der Waals surface area contributed by atoms with Gasteiger partial charge in [0.1, 0.15) is 0 Å². The van der Waals surface area contributed by atoms with Crippen LogP contribution in [0.1, 0.15) is 16.7 Å². The predicted molar refractivity (Wildman–Crippen MR) is 124 cm³/mol. The summed E-state index contributed by atoms with van der Waals surface area (Å²) in [7, 11) is 0. The zero-order valence-corrected chi connectivity index (χ0v) is 18.9. The minimum atomic E-state index is 0.0175. The van der Waals surface area contributed by atoms with Crippen LogP contribution in [0.5, 0.6) is 0 Å². The Hall–Kier alpha value is -1.99. The number of halogens is 1. The number of carbonyl (C=O) groups excluding carboxylic acids is 1. The van der Waals surface area contributed by atoms with Crippen LogP contribution in [-0.4, -0.2) is 55.2 Å². The zero-order chi connectivity index (χ0) is 21.1. The van der Waals surface area contributed by atoms with Crippen molar-refractivity contribution in [1.82, 2.24) is 9.88 Å². The summed E-state index contributed by atoms with van der Waals surface area (Å²) in [6, 6.07) is 11.8. The molecule has 0 atom stereocenters. The Balaban J connectivity index is 1.60. The lowest BCUT2D eigenvalue weighted by Gasteiger charge is -2.29. The van der Waals surface area contributed by atoms with Gasteiger partial charge in [0, 0.05) is 31.2 Å². The monoisotopic (exact) mass is 443 g/mol. The second-order valence-electron chi connectivity index (χ2n) is 7.67. The Labute approximate surface area is 186 Å². The van der Waals surface area contributed by atoms with Gasteiger partial charge in [-0.3, -0.25) is 14.6 Å². The van der Waals surface area contributed by atoms with Crippen molar-refractivity contribution in [1.29, 1.82) is 0 Å². The number of morpholine rings is 1. The zero-order valence-electron chi connectivity index (χ0n) is 17.4. The minimum Gasteiger partial charge on any atom is -0.379 e. The number of hydrogen-bond donors (Lipinski definition) is 0. The Bertz CT molecular complexity index is 1010. The van der Waals surface area contributed by atoms with E-state index < -0.39 is 0 Å². The van der Waals surface area contributed by atoms with E-state index in [9.17, 15) is 4.79 Å². The number of carbonyl (C=O) groups is 1. The third-order valence-corrected chi connectivity index (χ3v) is 6.98. The lowest BCUT2D eigenvalue weighted by atomic mass is 10.1. The molecule has 0 unspecified atom stereocenters. The third-order valence-electron chi connectivity index (χ3n) is 5.57. The Kier molecular flexibility index (Phi) is 6.68. The summed E-state index contributed by atoms with van der Waals surface area (Å²) in [6.45, 7) is 8.86. The van der Waals surface area contributed by atoms with Crippen molar-refractivity contribution in [2.75, 3.05) is 44.3 Å². The number of fused-ring (bicyclic) bond motifs is 1. The van der Waals surface area contributed by atoms with Gasteiger partial charge in [-0.2, -0.15) is 0 Å². The fourth-order valence-electron chi connectivity index (χ4n) is 3.58. The van der Waals surface area contributed by atoms with Crippen LogP contribution in [0.25, 0.3) is 10.2 Å². The smallest absolute Gasteiger partial charge is 0.233 e. The van der Waals surface area contributed by atoms with Crippen molar-refractivity contribution in [3.63, 3.8) is 0 Å². The van der Waals surface area contributed by atoms with E-state index in [0.29, 0.717) is 11.6 Å². The lowest BCUT2D eigenvalue weighted by molar-refractivity contribution is -0.118. The average molecular weight is 444 g/mol. The molecule has 0 N–H and O–H groups in total. The minimum absolute atomic E-state index is 0.0175. The van der Waals surface area contributed by atoms with Gasteiger partial charge in [-0.05, 0) is 48.7 Å². The van der Waals surface area contributed by atoms with Crippen LogP contribution >= 0.6 is 22.9 Å². The van der Waals surface area contributed by atoms with Crippen molar-refractivity contribution < 1.29 is 9.53 Å². The maximum absolute atomic E-state index is 13.3. The van der Waals surface area contributed by atoms with Gasteiger partial charge in [-0.15, -0.1) is 0 Å². The quantitative estimate of drug-likeness (QED) is 0.563. The molecule has 30 heavy (non-hydrogen) atoms. The maximum Gasteiger partial charge on any atom is 0.233 e. The highest BCUT2D eigenvalue weighted by molar-refractivity contribution is 7.22. The summed E-state index contributed by atoms with van der Waals surface area (Å²) < 4.78 is 6.55. The average Bonchev–Trinajstić information content (AvgIpc) is 3.13.